The number of carbonyl (C=O) groups is 4. The zero-order valence-corrected chi connectivity index (χ0v) is 17.9. The Morgan fingerprint density at radius 2 is 0.969 bits per heavy atom. The summed E-state index contributed by atoms with van der Waals surface area (Å²) in [5.41, 5.74) is 0.185. The van der Waals surface area contributed by atoms with Crippen molar-refractivity contribution in [1.82, 2.24) is 10.6 Å². The molecule has 0 aromatic heterocycles. The molecule has 8 nitrogen and oxygen atoms in total. The van der Waals surface area contributed by atoms with Crippen LogP contribution in [0, 0.1) is 0 Å². The molecule has 2 rings (SSSR count). The highest BCUT2D eigenvalue weighted by molar-refractivity contribution is 5.99. The minimum absolute atomic E-state index is 0.186. The molecule has 0 bridgehead atoms. The second-order valence-corrected chi connectivity index (χ2v) is 7.46. The van der Waals surface area contributed by atoms with Crippen LogP contribution in [0.3, 0.4) is 0 Å². The van der Waals surface area contributed by atoms with Gasteiger partial charge < -0.3 is 20.8 Å². The minimum atomic E-state index is -1.38. The molecule has 168 valence electrons. The molecule has 0 heterocycles. The second kappa shape index (κ2) is 11.5. The molecule has 0 saturated carbocycles. The first-order valence-corrected chi connectivity index (χ1v) is 10.1. The van der Waals surface area contributed by atoms with E-state index in [1.807, 2.05) is 0 Å². The number of hydrogen-bond acceptors (Lipinski definition) is 4. The quantitative estimate of drug-likeness (QED) is 0.422. The Hall–Kier alpha value is -3.94. The van der Waals surface area contributed by atoms with Gasteiger partial charge in [0.05, 0.1) is 0 Å². The van der Waals surface area contributed by atoms with Crippen molar-refractivity contribution in [2.45, 2.75) is 38.8 Å². The van der Waals surface area contributed by atoms with E-state index in [1.54, 1.807) is 74.5 Å². The number of nitrogens with one attached hydrogen (secondary N) is 2. The van der Waals surface area contributed by atoms with Crippen molar-refractivity contribution in [3.8, 4) is 0 Å². The normalized spacial score (nSPS) is 13.3. The van der Waals surface area contributed by atoms with Crippen LogP contribution < -0.4 is 10.6 Å². The van der Waals surface area contributed by atoms with E-state index < -0.39 is 24.0 Å². The molecule has 2 aromatic carbocycles. The highest BCUT2D eigenvalue weighted by atomic mass is 16.4. The maximum Gasteiger partial charge on any atom is 0.332 e. The van der Waals surface area contributed by atoms with Gasteiger partial charge >= 0.3 is 11.9 Å². The molecule has 0 aliphatic heterocycles. The van der Waals surface area contributed by atoms with Crippen LogP contribution in [0.25, 0.3) is 0 Å². The molecular formula is C24H26N2O6. The molecule has 2 atom stereocenters. The Morgan fingerprint density at radius 3 is 1.25 bits per heavy atom. The first kappa shape index (κ1) is 24.3. The topological polar surface area (TPSA) is 133 Å². The average Bonchev–Trinajstić information content (AvgIpc) is 2.76. The summed E-state index contributed by atoms with van der Waals surface area (Å²) >= 11 is 0. The molecule has 0 saturated heterocycles. The Kier molecular flexibility index (Phi) is 8.71. The lowest BCUT2D eigenvalue weighted by atomic mass is 9.96. The number of carboxylic acid groups (broad SMARTS) is 2. The van der Waals surface area contributed by atoms with Crippen LogP contribution in [0.5, 0.6) is 0 Å². The molecule has 0 radical (unpaired) electrons. The van der Waals surface area contributed by atoms with Gasteiger partial charge in [0, 0.05) is 47.2 Å². The fraction of sp³-hybridized carbons (Fsp3) is 0.250. The molecule has 0 aliphatic rings. The highest BCUT2D eigenvalue weighted by Gasteiger charge is 2.25. The molecule has 2 aromatic rings. The molecule has 0 unspecified atom stereocenters. The number of carbonyl (C=O) groups excluding carboxylic acids is 2. The van der Waals surface area contributed by atoms with Crippen LogP contribution in [0.15, 0.2) is 71.8 Å². The van der Waals surface area contributed by atoms with Crippen molar-refractivity contribution in [2.24, 2.45) is 0 Å². The fourth-order valence-corrected chi connectivity index (χ4v) is 3.19. The van der Waals surface area contributed by atoms with Crippen LogP contribution in [-0.4, -0.2) is 46.0 Å². The van der Waals surface area contributed by atoms with Crippen molar-refractivity contribution in [1.29, 1.82) is 0 Å². The Morgan fingerprint density at radius 1 is 0.656 bits per heavy atom. The van der Waals surface area contributed by atoms with E-state index in [1.165, 1.54) is 0 Å². The summed E-state index contributed by atoms with van der Waals surface area (Å²) in [6.45, 7) is 3.20. The lowest BCUT2D eigenvalue weighted by Gasteiger charge is -2.19. The molecule has 0 fully saturated rings. The second-order valence-electron chi connectivity index (χ2n) is 7.46. The lowest BCUT2D eigenvalue weighted by molar-refractivity contribution is -0.136. The SMILES string of the molecule is C[C@H](CC(C(=O)O)=C(C[C@@H](C)NC(=O)c1ccccc1)C(=O)O)NC(=O)c1ccccc1. The van der Waals surface area contributed by atoms with Gasteiger partial charge in [-0.05, 0) is 38.1 Å². The van der Waals surface area contributed by atoms with Gasteiger partial charge in [-0.1, -0.05) is 36.4 Å². The van der Waals surface area contributed by atoms with Crippen molar-refractivity contribution in [3.05, 3.63) is 82.9 Å². The molecule has 4 N–H and O–H groups in total. The third-order valence-corrected chi connectivity index (χ3v) is 4.73. The molecule has 8 heteroatoms. The van der Waals surface area contributed by atoms with E-state index in [0.29, 0.717) is 11.1 Å². The molecular weight excluding hydrogens is 412 g/mol. The summed E-state index contributed by atoms with van der Waals surface area (Å²) in [7, 11) is 0. The van der Waals surface area contributed by atoms with E-state index in [9.17, 15) is 29.4 Å². The van der Waals surface area contributed by atoms with E-state index >= 15 is 0 Å². The summed E-state index contributed by atoms with van der Waals surface area (Å²) in [5, 5.41) is 24.7. The maximum atomic E-state index is 12.3. The summed E-state index contributed by atoms with van der Waals surface area (Å²) < 4.78 is 0. The Balaban J connectivity index is 2.13. The van der Waals surface area contributed by atoms with Gasteiger partial charge in [0.2, 0.25) is 0 Å². The van der Waals surface area contributed by atoms with Gasteiger partial charge in [-0.15, -0.1) is 0 Å². The van der Waals surface area contributed by atoms with E-state index in [4.69, 9.17) is 0 Å². The maximum absolute atomic E-state index is 12.3. The van der Waals surface area contributed by atoms with Gasteiger partial charge in [0.25, 0.3) is 11.8 Å². The van der Waals surface area contributed by atoms with Gasteiger partial charge in [-0.2, -0.15) is 0 Å². The molecule has 2 amide bonds. The number of hydrogen-bond donors (Lipinski definition) is 4. The number of rotatable bonds is 10. The number of benzene rings is 2. The highest BCUT2D eigenvalue weighted by Crippen LogP contribution is 2.18. The predicted molar refractivity (Wildman–Crippen MR) is 118 cm³/mol. The minimum Gasteiger partial charge on any atom is -0.478 e. The fourth-order valence-electron chi connectivity index (χ4n) is 3.19. The van der Waals surface area contributed by atoms with Crippen molar-refractivity contribution >= 4 is 23.8 Å². The third kappa shape index (κ3) is 7.09. The lowest BCUT2D eigenvalue weighted by Crippen LogP contribution is -2.35. The van der Waals surface area contributed by atoms with Crippen LogP contribution in [0.2, 0.25) is 0 Å². The van der Waals surface area contributed by atoms with Crippen LogP contribution >= 0.6 is 0 Å². The Labute approximate surface area is 186 Å². The largest absolute Gasteiger partial charge is 0.478 e. The van der Waals surface area contributed by atoms with Gasteiger partial charge in [0.1, 0.15) is 0 Å². The van der Waals surface area contributed by atoms with Gasteiger partial charge in [-0.3, -0.25) is 9.59 Å². The van der Waals surface area contributed by atoms with E-state index in [0.717, 1.165) is 0 Å². The van der Waals surface area contributed by atoms with Crippen LogP contribution in [0.4, 0.5) is 0 Å². The summed E-state index contributed by atoms with van der Waals surface area (Å²) in [4.78, 5) is 48.3. The monoisotopic (exact) mass is 438 g/mol. The smallest absolute Gasteiger partial charge is 0.332 e. The van der Waals surface area contributed by atoms with Crippen LogP contribution in [0.1, 0.15) is 47.4 Å². The standard InChI is InChI=1S/C24H26N2O6/c1-15(25-21(27)17-9-5-3-6-10-17)13-19(23(29)30)20(24(31)32)14-16(2)26-22(28)18-11-7-4-8-12-18/h3-12,15-16H,13-14H2,1-2H3,(H,25,27)(H,26,28)(H,29,30)(H,31,32)/t15-,16-/m1/s1. The Bertz CT molecular complexity index is 920. The summed E-state index contributed by atoms with van der Waals surface area (Å²) in [5.74, 6) is -3.54. The predicted octanol–water partition coefficient (Wildman–Crippen LogP) is 2.87. The summed E-state index contributed by atoms with van der Waals surface area (Å²) in [6.07, 6.45) is -0.371. The van der Waals surface area contributed by atoms with E-state index in [2.05, 4.69) is 10.6 Å². The number of carboxylic acids is 2. The van der Waals surface area contributed by atoms with Crippen molar-refractivity contribution in [2.75, 3.05) is 0 Å². The van der Waals surface area contributed by atoms with Gasteiger partial charge in [0.15, 0.2) is 0 Å². The van der Waals surface area contributed by atoms with Crippen molar-refractivity contribution < 1.29 is 29.4 Å². The van der Waals surface area contributed by atoms with Crippen LogP contribution in [-0.2, 0) is 9.59 Å². The zero-order chi connectivity index (χ0) is 23.7. The third-order valence-electron chi connectivity index (χ3n) is 4.73. The van der Waals surface area contributed by atoms with Gasteiger partial charge in [-0.25, -0.2) is 9.59 Å². The number of aliphatic carboxylic acids is 2. The van der Waals surface area contributed by atoms with Crippen molar-refractivity contribution in [3.63, 3.8) is 0 Å². The summed E-state index contributed by atoms with van der Waals surface area (Å²) in [6, 6.07) is 15.6. The number of amides is 2. The molecule has 0 spiro atoms. The first-order chi connectivity index (χ1) is 15.2. The zero-order valence-electron chi connectivity index (χ0n) is 17.9. The molecule has 32 heavy (non-hydrogen) atoms. The van der Waals surface area contributed by atoms with E-state index in [-0.39, 0.29) is 35.8 Å². The molecule has 0 aliphatic carbocycles. The first-order valence-electron chi connectivity index (χ1n) is 10.1. The average molecular weight is 438 g/mol.